The van der Waals surface area contributed by atoms with Gasteiger partial charge in [0.15, 0.2) is 5.11 Å². The normalized spacial score (nSPS) is 15.0. The first-order chi connectivity index (χ1) is 11.1. The van der Waals surface area contributed by atoms with Gasteiger partial charge in [-0.05, 0) is 31.3 Å². The van der Waals surface area contributed by atoms with Crippen molar-refractivity contribution in [2.75, 3.05) is 39.4 Å². The van der Waals surface area contributed by atoms with Crippen LogP contribution in [0.4, 0.5) is 0 Å². The Hall–Kier alpha value is -1.70. The quantitative estimate of drug-likeness (QED) is 0.329. The number of hydrogen-bond acceptors (Lipinski definition) is 3. The molecule has 4 N–H and O–H groups in total. The van der Waals surface area contributed by atoms with E-state index in [0.29, 0.717) is 10.7 Å². The summed E-state index contributed by atoms with van der Waals surface area (Å²) in [6, 6.07) is 7.38. The number of thiocarbonyl (C=S) groups is 1. The fourth-order valence-electron chi connectivity index (χ4n) is 2.39. The predicted molar refractivity (Wildman–Crippen MR) is 93.4 cm³/mol. The van der Waals surface area contributed by atoms with Crippen LogP contribution in [0.2, 0.25) is 0 Å². The average Bonchev–Trinajstić information content (AvgIpc) is 2.58. The molecule has 0 aliphatic carbocycles. The molecule has 0 unspecified atom stereocenters. The van der Waals surface area contributed by atoms with Gasteiger partial charge in [0.1, 0.15) is 13.1 Å². The Bertz CT molecular complexity index is 515. The van der Waals surface area contributed by atoms with Crippen molar-refractivity contribution in [3.05, 3.63) is 35.4 Å². The summed E-state index contributed by atoms with van der Waals surface area (Å²) in [6.45, 7) is 7.75. The van der Waals surface area contributed by atoms with E-state index in [1.807, 2.05) is 19.1 Å². The number of rotatable bonds is 5. The van der Waals surface area contributed by atoms with E-state index >= 15 is 0 Å². The first kappa shape index (κ1) is 17.7. The number of carbonyl (C=O) groups is 1. The monoisotopic (exact) mass is 337 g/mol. The summed E-state index contributed by atoms with van der Waals surface area (Å²) in [4.78, 5) is 13.5. The van der Waals surface area contributed by atoms with Crippen molar-refractivity contribution in [1.82, 2.24) is 16.2 Å². The van der Waals surface area contributed by atoms with Gasteiger partial charge in [-0.2, -0.15) is 0 Å². The van der Waals surface area contributed by atoms with Gasteiger partial charge in [0.2, 0.25) is 0 Å². The Balaban J connectivity index is 1.57. The van der Waals surface area contributed by atoms with Crippen LogP contribution in [0.25, 0.3) is 0 Å². The second kappa shape index (κ2) is 9.44. The molecule has 1 aromatic carbocycles. The van der Waals surface area contributed by atoms with Gasteiger partial charge >= 0.3 is 0 Å². The van der Waals surface area contributed by atoms with Gasteiger partial charge in [0, 0.05) is 18.5 Å². The minimum atomic E-state index is -0.202. The molecule has 0 atom stereocenters. The maximum atomic E-state index is 11.9. The number of aryl methyl sites for hydroxylation is 1. The van der Waals surface area contributed by atoms with Crippen molar-refractivity contribution in [3.63, 3.8) is 0 Å². The van der Waals surface area contributed by atoms with Gasteiger partial charge in [-0.25, -0.2) is 0 Å². The topological polar surface area (TPSA) is 66.8 Å². The van der Waals surface area contributed by atoms with Gasteiger partial charge in [-0.1, -0.05) is 17.7 Å². The van der Waals surface area contributed by atoms with Crippen LogP contribution in [-0.4, -0.2) is 50.4 Å². The highest BCUT2D eigenvalue weighted by atomic mass is 32.1. The van der Waals surface area contributed by atoms with E-state index in [1.54, 1.807) is 17.0 Å². The Morgan fingerprint density at radius 1 is 1.22 bits per heavy atom. The minimum Gasteiger partial charge on any atom is -0.370 e. The van der Waals surface area contributed by atoms with Crippen molar-refractivity contribution >= 4 is 23.2 Å². The highest BCUT2D eigenvalue weighted by Crippen LogP contribution is 2.02. The van der Waals surface area contributed by atoms with Crippen molar-refractivity contribution in [3.8, 4) is 0 Å². The first-order valence-corrected chi connectivity index (χ1v) is 8.38. The van der Waals surface area contributed by atoms with Crippen LogP contribution < -0.4 is 21.1 Å². The Morgan fingerprint density at radius 3 is 2.61 bits per heavy atom. The smallest absolute Gasteiger partial charge is 0.269 e. The molecular formula is C16H25N4O2S+. The van der Waals surface area contributed by atoms with E-state index in [2.05, 4.69) is 16.2 Å². The Kier molecular flexibility index (Phi) is 7.25. The number of carbonyl (C=O) groups excluding carboxylic acids is 1. The standard InChI is InChI=1S/C16H24N4O2S/c1-13-3-5-14(6-4-13)15(21)18-19-16(23)17-7-2-8-20-9-11-22-12-10-20/h3-6H,2,7-12H2,1H3,(H,18,21)(H2,17,19,23)/p+1. The molecule has 1 fully saturated rings. The Morgan fingerprint density at radius 2 is 1.91 bits per heavy atom. The summed E-state index contributed by atoms with van der Waals surface area (Å²) in [5.74, 6) is -0.202. The largest absolute Gasteiger partial charge is 0.370 e. The highest BCUT2D eigenvalue weighted by molar-refractivity contribution is 7.80. The van der Waals surface area contributed by atoms with Crippen LogP contribution in [0, 0.1) is 6.92 Å². The molecule has 1 aliphatic heterocycles. The lowest BCUT2D eigenvalue weighted by molar-refractivity contribution is -0.908. The SMILES string of the molecule is Cc1ccc(C(=O)NNC(=S)NCCC[NH+]2CCOCC2)cc1. The highest BCUT2D eigenvalue weighted by Gasteiger charge is 2.12. The number of nitrogens with one attached hydrogen (secondary N) is 4. The summed E-state index contributed by atoms with van der Waals surface area (Å²) < 4.78 is 5.33. The van der Waals surface area contributed by atoms with Gasteiger partial charge in [-0.15, -0.1) is 0 Å². The van der Waals surface area contributed by atoms with Gasteiger partial charge in [0.25, 0.3) is 5.91 Å². The summed E-state index contributed by atoms with van der Waals surface area (Å²) in [6.07, 6.45) is 1.03. The summed E-state index contributed by atoms with van der Waals surface area (Å²) in [5.41, 5.74) is 7.04. The van der Waals surface area contributed by atoms with Crippen LogP contribution in [0.1, 0.15) is 22.3 Å². The molecule has 2 rings (SSSR count). The zero-order valence-corrected chi connectivity index (χ0v) is 14.3. The average molecular weight is 337 g/mol. The molecule has 0 radical (unpaired) electrons. The lowest BCUT2D eigenvalue weighted by Gasteiger charge is -2.23. The number of morpholine rings is 1. The fourth-order valence-corrected chi connectivity index (χ4v) is 2.54. The molecule has 1 heterocycles. The number of quaternary nitrogens is 1. The molecule has 126 valence electrons. The van der Waals surface area contributed by atoms with Crippen molar-refractivity contribution in [2.24, 2.45) is 0 Å². The van der Waals surface area contributed by atoms with Crippen LogP contribution in [0.15, 0.2) is 24.3 Å². The molecule has 0 aromatic heterocycles. The fraction of sp³-hybridized carbons (Fsp3) is 0.500. The van der Waals surface area contributed by atoms with Crippen molar-refractivity contribution in [2.45, 2.75) is 13.3 Å². The second-order valence-corrected chi connectivity index (χ2v) is 6.08. The molecule has 0 bridgehead atoms. The van der Waals surface area contributed by atoms with Gasteiger partial charge < -0.3 is 15.0 Å². The first-order valence-electron chi connectivity index (χ1n) is 7.97. The number of hydrogen-bond donors (Lipinski definition) is 4. The molecule has 0 saturated carbocycles. The van der Waals surface area contributed by atoms with E-state index in [-0.39, 0.29) is 5.91 Å². The van der Waals surface area contributed by atoms with E-state index < -0.39 is 0 Å². The van der Waals surface area contributed by atoms with Crippen LogP contribution >= 0.6 is 12.2 Å². The Labute approximate surface area is 142 Å². The van der Waals surface area contributed by atoms with Crippen LogP contribution in [0.3, 0.4) is 0 Å². The van der Waals surface area contributed by atoms with Gasteiger partial charge in [-0.3, -0.25) is 15.6 Å². The lowest BCUT2D eigenvalue weighted by Crippen LogP contribution is -3.14. The van der Waals surface area contributed by atoms with Crippen molar-refractivity contribution in [1.29, 1.82) is 0 Å². The zero-order chi connectivity index (χ0) is 16.5. The summed E-state index contributed by atoms with van der Waals surface area (Å²) >= 11 is 5.15. The zero-order valence-electron chi connectivity index (χ0n) is 13.5. The molecule has 23 heavy (non-hydrogen) atoms. The van der Waals surface area contributed by atoms with Gasteiger partial charge in [0.05, 0.1) is 19.8 Å². The van der Waals surface area contributed by atoms with E-state index in [4.69, 9.17) is 17.0 Å². The maximum Gasteiger partial charge on any atom is 0.269 e. The minimum absolute atomic E-state index is 0.202. The number of benzene rings is 1. The number of ether oxygens (including phenoxy) is 1. The van der Waals surface area contributed by atoms with E-state index in [0.717, 1.165) is 51.4 Å². The van der Waals surface area contributed by atoms with E-state index in [9.17, 15) is 4.79 Å². The van der Waals surface area contributed by atoms with Crippen LogP contribution in [0.5, 0.6) is 0 Å². The third-order valence-corrected chi connectivity index (χ3v) is 4.04. The lowest BCUT2D eigenvalue weighted by atomic mass is 10.1. The number of hydrazine groups is 1. The van der Waals surface area contributed by atoms with E-state index in [1.165, 1.54) is 0 Å². The molecular weight excluding hydrogens is 312 g/mol. The maximum absolute atomic E-state index is 11.9. The van der Waals surface area contributed by atoms with Crippen molar-refractivity contribution < 1.29 is 14.4 Å². The molecule has 7 heteroatoms. The molecule has 6 nitrogen and oxygen atoms in total. The number of amides is 1. The molecule has 1 amide bonds. The molecule has 1 aliphatic rings. The molecule has 0 spiro atoms. The second-order valence-electron chi connectivity index (χ2n) is 5.67. The van der Waals surface area contributed by atoms with Crippen LogP contribution in [-0.2, 0) is 4.74 Å². The summed E-state index contributed by atoms with van der Waals surface area (Å²) in [7, 11) is 0. The summed E-state index contributed by atoms with van der Waals surface area (Å²) in [5, 5.41) is 3.53. The third kappa shape index (κ3) is 6.52. The predicted octanol–water partition coefficient (Wildman–Crippen LogP) is -0.591. The third-order valence-electron chi connectivity index (χ3n) is 3.80. The molecule has 1 aromatic rings. The molecule has 1 saturated heterocycles.